The fourth-order valence-corrected chi connectivity index (χ4v) is 4.19. The second kappa shape index (κ2) is 7.59. The van der Waals surface area contributed by atoms with Crippen molar-refractivity contribution < 1.29 is 22.0 Å². The molecule has 10 heteroatoms. The minimum atomic E-state index is -4.03. The van der Waals surface area contributed by atoms with Crippen molar-refractivity contribution >= 4 is 27.3 Å². The van der Waals surface area contributed by atoms with Gasteiger partial charge in [0, 0.05) is 12.2 Å². The maximum atomic E-state index is 13.9. The normalized spacial score (nSPS) is 19.7. The minimum Gasteiger partial charge on any atom is -0.323 e. The highest BCUT2D eigenvalue weighted by Crippen LogP contribution is 2.22. The summed E-state index contributed by atoms with van der Waals surface area (Å²) in [5, 5.41) is 1.13. The molecule has 2 aromatic rings. The molecule has 0 bridgehead atoms. The molecule has 1 fully saturated rings. The van der Waals surface area contributed by atoms with Gasteiger partial charge in [0.2, 0.25) is 5.91 Å². The highest BCUT2D eigenvalue weighted by atomic mass is 32.2. The monoisotopic (exact) mass is 396 g/mol. The molecule has 7 nitrogen and oxygen atoms in total. The number of amides is 1. The summed E-state index contributed by atoms with van der Waals surface area (Å²) in [6.45, 7) is 1.78. The van der Waals surface area contributed by atoms with E-state index in [9.17, 15) is 22.0 Å². The maximum Gasteiger partial charge on any atom is 0.250 e. The topological polar surface area (TPSA) is 99.3 Å². The number of carbonyl (C=O) groups is 1. The van der Waals surface area contributed by atoms with Crippen molar-refractivity contribution in [3.63, 3.8) is 0 Å². The van der Waals surface area contributed by atoms with Gasteiger partial charge in [-0.2, -0.15) is 0 Å². The van der Waals surface area contributed by atoms with Gasteiger partial charge in [0.25, 0.3) is 10.0 Å². The molecule has 144 valence electrons. The zero-order valence-electron chi connectivity index (χ0n) is 14.3. The molecule has 1 aliphatic heterocycles. The van der Waals surface area contributed by atoms with E-state index in [2.05, 4.69) is 20.9 Å². The van der Waals surface area contributed by atoms with E-state index in [-0.39, 0.29) is 17.9 Å². The van der Waals surface area contributed by atoms with Crippen molar-refractivity contribution in [1.29, 1.82) is 0 Å². The van der Waals surface area contributed by atoms with Gasteiger partial charge in [-0.1, -0.05) is 6.07 Å². The second-order valence-electron chi connectivity index (χ2n) is 6.18. The number of hydrogen-bond acceptors (Lipinski definition) is 5. The molecule has 1 amide bonds. The van der Waals surface area contributed by atoms with Gasteiger partial charge in [-0.25, -0.2) is 22.6 Å². The molecular formula is C17H18F2N4O3S. The predicted molar refractivity (Wildman–Crippen MR) is 97.1 cm³/mol. The Labute approximate surface area is 155 Å². The van der Waals surface area contributed by atoms with E-state index in [1.54, 1.807) is 13.0 Å². The maximum absolute atomic E-state index is 13.9. The minimum absolute atomic E-state index is 0.0189. The van der Waals surface area contributed by atoms with Crippen LogP contribution in [-0.2, 0) is 14.8 Å². The molecule has 1 aliphatic rings. The van der Waals surface area contributed by atoms with Crippen LogP contribution < -0.4 is 20.9 Å². The van der Waals surface area contributed by atoms with E-state index in [0.717, 1.165) is 17.7 Å². The van der Waals surface area contributed by atoms with Gasteiger partial charge in [0.05, 0.1) is 11.6 Å². The van der Waals surface area contributed by atoms with E-state index in [0.29, 0.717) is 0 Å². The number of nitrogens with one attached hydrogen (secondary N) is 4. The number of hydrogen-bond donors (Lipinski definition) is 4. The highest BCUT2D eigenvalue weighted by molar-refractivity contribution is 7.93. The van der Waals surface area contributed by atoms with Crippen molar-refractivity contribution in [1.82, 2.24) is 10.9 Å². The standard InChI is InChI=1S/C17H18F2N4O3S/c1-10-2-7-14(19)15(8-10)21-16(24)13-9-20-22-17(13)27(25,26)23-12-5-3-11(18)4-6-12/h2-8,13,17,20,22-23H,9H2,1H3,(H,21,24). The summed E-state index contributed by atoms with van der Waals surface area (Å²) in [7, 11) is -4.03. The largest absolute Gasteiger partial charge is 0.323 e. The summed E-state index contributed by atoms with van der Waals surface area (Å²) >= 11 is 0. The molecule has 0 aliphatic carbocycles. The number of benzene rings is 2. The molecule has 3 rings (SSSR count). The lowest BCUT2D eigenvalue weighted by atomic mass is 10.1. The van der Waals surface area contributed by atoms with Gasteiger partial charge in [-0.15, -0.1) is 0 Å². The number of anilines is 2. The number of aryl methyl sites for hydroxylation is 1. The van der Waals surface area contributed by atoms with E-state index < -0.39 is 38.9 Å². The third kappa shape index (κ3) is 4.41. The van der Waals surface area contributed by atoms with Gasteiger partial charge in [0.1, 0.15) is 11.6 Å². The third-order valence-electron chi connectivity index (χ3n) is 4.09. The van der Waals surface area contributed by atoms with Gasteiger partial charge in [-0.3, -0.25) is 14.9 Å². The van der Waals surface area contributed by atoms with Crippen LogP contribution in [-0.4, -0.2) is 26.2 Å². The van der Waals surface area contributed by atoms with Crippen molar-refractivity contribution in [2.75, 3.05) is 16.6 Å². The van der Waals surface area contributed by atoms with Gasteiger partial charge < -0.3 is 5.32 Å². The van der Waals surface area contributed by atoms with Crippen LogP contribution in [0.5, 0.6) is 0 Å². The summed E-state index contributed by atoms with van der Waals surface area (Å²) < 4.78 is 54.4. The molecule has 0 spiro atoms. The number of hydrazine groups is 1. The Balaban J connectivity index is 1.76. The molecule has 0 radical (unpaired) electrons. The fourth-order valence-electron chi connectivity index (χ4n) is 2.71. The number of sulfonamides is 1. The first kappa shape index (κ1) is 19.2. The summed E-state index contributed by atoms with van der Waals surface area (Å²) in [6, 6.07) is 9.01. The lowest BCUT2D eigenvalue weighted by Crippen LogP contribution is -2.45. The molecule has 27 heavy (non-hydrogen) atoms. The first-order valence-electron chi connectivity index (χ1n) is 8.09. The molecule has 2 aromatic carbocycles. The average molecular weight is 396 g/mol. The van der Waals surface area contributed by atoms with Crippen LogP contribution in [0.4, 0.5) is 20.2 Å². The molecule has 0 aromatic heterocycles. The first-order valence-corrected chi connectivity index (χ1v) is 9.63. The summed E-state index contributed by atoms with van der Waals surface area (Å²) in [5.41, 5.74) is 6.06. The molecule has 4 N–H and O–H groups in total. The van der Waals surface area contributed by atoms with Gasteiger partial charge in [0.15, 0.2) is 5.37 Å². The van der Waals surface area contributed by atoms with E-state index in [4.69, 9.17) is 0 Å². The molecule has 1 saturated heterocycles. The van der Waals surface area contributed by atoms with Crippen LogP contribution in [0.15, 0.2) is 42.5 Å². The van der Waals surface area contributed by atoms with E-state index in [1.807, 2.05) is 0 Å². The molecule has 1 heterocycles. The number of rotatable bonds is 5. The lowest BCUT2D eigenvalue weighted by molar-refractivity contribution is -0.119. The summed E-state index contributed by atoms with van der Waals surface area (Å²) in [4.78, 5) is 12.5. The predicted octanol–water partition coefficient (Wildman–Crippen LogP) is 1.70. The Kier molecular flexibility index (Phi) is 5.40. The Morgan fingerprint density at radius 1 is 1.15 bits per heavy atom. The van der Waals surface area contributed by atoms with Crippen LogP contribution in [0, 0.1) is 24.5 Å². The Hall–Kier alpha value is -2.56. The van der Waals surface area contributed by atoms with Crippen LogP contribution in [0.25, 0.3) is 0 Å². The lowest BCUT2D eigenvalue weighted by Gasteiger charge is -2.19. The Morgan fingerprint density at radius 2 is 1.85 bits per heavy atom. The van der Waals surface area contributed by atoms with Crippen molar-refractivity contribution in [2.24, 2.45) is 5.92 Å². The van der Waals surface area contributed by atoms with Gasteiger partial charge in [-0.05, 0) is 48.9 Å². The number of carbonyl (C=O) groups excluding carboxylic acids is 1. The molecule has 2 unspecified atom stereocenters. The highest BCUT2D eigenvalue weighted by Gasteiger charge is 2.42. The molecular weight excluding hydrogens is 378 g/mol. The van der Waals surface area contributed by atoms with E-state index in [1.165, 1.54) is 24.3 Å². The first-order chi connectivity index (χ1) is 12.8. The Bertz CT molecular complexity index is 951. The van der Waals surface area contributed by atoms with Crippen molar-refractivity contribution in [3.05, 3.63) is 59.7 Å². The Morgan fingerprint density at radius 3 is 2.56 bits per heavy atom. The van der Waals surface area contributed by atoms with Crippen molar-refractivity contribution in [2.45, 2.75) is 12.3 Å². The average Bonchev–Trinajstić information content (AvgIpc) is 3.11. The summed E-state index contributed by atoms with van der Waals surface area (Å²) in [6.07, 6.45) is 0. The zero-order valence-corrected chi connectivity index (χ0v) is 15.1. The second-order valence-corrected chi connectivity index (χ2v) is 7.98. The van der Waals surface area contributed by atoms with Gasteiger partial charge >= 0.3 is 0 Å². The van der Waals surface area contributed by atoms with Crippen LogP contribution in [0.3, 0.4) is 0 Å². The van der Waals surface area contributed by atoms with Crippen LogP contribution >= 0.6 is 0 Å². The van der Waals surface area contributed by atoms with Crippen LogP contribution in [0.2, 0.25) is 0 Å². The van der Waals surface area contributed by atoms with E-state index >= 15 is 0 Å². The number of halogens is 2. The zero-order chi connectivity index (χ0) is 19.6. The SMILES string of the molecule is Cc1ccc(F)c(NC(=O)C2CNNC2S(=O)(=O)Nc2ccc(F)cc2)c1. The summed E-state index contributed by atoms with van der Waals surface area (Å²) in [5.74, 6) is -2.78. The third-order valence-corrected chi connectivity index (χ3v) is 5.72. The fraction of sp³-hybridized carbons (Fsp3) is 0.235. The van der Waals surface area contributed by atoms with Crippen LogP contribution in [0.1, 0.15) is 5.56 Å². The molecule has 0 saturated carbocycles. The van der Waals surface area contributed by atoms with Crippen molar-refractivity contribution in [3.8, 4) is 0 Å². The smallest absolute Gasteiger partial charge is 0.250 e. The molecule has 2 atom stereocenters. The quantitative estimate of drug-likeness (QED) is 0.617.